The van der Waals surface area contributed by atoms with E-state index in [4.69, 9.17) is 0 Å². The summed E-state index contributed by atoms with van der Waals surface area (Å²) >= 11 is 0. The van der Waals surface area contributed by atoms with Crippen LogP contribution in [0.5, 0.6) is 0 Å². The summed E-state index contributed by atoms with van der Waals surface area (Å²) in [6.07, 6.45) is 0.751. The van der Waals surface area contributed by atoms with Crippen molar-refractivity contribution in [3.63, 3.8) is 0 Å². The molecule has 1 aliphatic heterocycles. The van der Waals surface area contributed by atoms with Gasteiger partial charge in [0.15, 0.2) is 0 Å². The number of hydrogen-bond acceptors (Lipinski definition) is 3. The van der Waals surface area contributed by atoms with Gasteiger partial charge >= 0.3 is 0 Å². The molecule has 0 aliphatic carbocycles. The third kappa shape index (κ3) is 3.00. The second-order valence-electron chi connectivity index (χ2n) is 4.62. The summed E-state index contributed by atoms with van der Waals surface area (Å²) in [7, 11) is 0. The van der Waals surface area contributed by atoms with Gasteiger partial charge in [0.2, 0.25) is 0 Å². The van der Waals surface area contributed by atoms with Crippen LogP contribution in [-0.2, 0) is 0 Å². The predicted molar refractivity (Wildman–Crippen MR) is 62.0 cm³/mol. The Hall–Kier alpha value is -1.04. The van der Waals surface area contributed by atoms with E-state index in [-0.39, 0.29) is 18.0 Å². The van der Waals surface area contributed by atoms with Gasteiger partial charge in [0, 0.05) is 11.6 Å². The highest BCUT2D eigenvalue weighted by molar-refractivity contribution is 5.23. The third-order valence-corrected chi connectivity index (χ3v) is 2.77. The molecule has 94 valence electrons. The molecule has 3 N–H and O–H groups in total. The Morgan fingerprint density at radius 3 is 2.76 bits per heavy atom. The van der Waals surface area contributed by atoms with Crippen molar-refractivity contribution in [3.05, 3.63) is 35.4 Å². The van der Waals surface area contributed by atoms with Gasteiger partial charge in [0.05, 0.1) is 12.2 Å². The largest absolute Gasteiger partial charge is 0.299 e. The molecular formula is C12H17F2N3. The third-order valence-electron chi connectivity index (χ3n) is 2.77. The molecular weight excluding hydrogens is 224 g/mol. The average Bonchev–Trinajstić information content (AvgIpc) is 2.69. The van der Waals surface area contributed by atoms with E-state index < -0.39 is 5.82 Å². The van der Waals surface area contributed by atoms with Crippen LogP contribution in [0, 0.1) is 11.6 Å². The smallest absolute Gasteiger partial charge is 0.128 e. The highest BCUT2D eigenvalue weighted by atomic mass is 19.1. The van der Waals surface area contributed by atoms with E-state index in [1.807, 2.05) is 13.8 Å². The zero-order chi connectivity index (χ0) is 12.4. The van der Waals surface area contributed by atoms with Crippen molar-refractivity contribution in [2.75, 3.05) is 0 Å². The van der Waals surface area contributed by atoms with E-state index in [1.165, 1.54) is 6.07 Å². The van der Waals surface area contributed by atoms with Crippen molar-refractivity contribution in [2.24, 2.45) is 0 Å². The van der Waals surface area contributed by atoms with E-state index in [2.05, 4.69) is 16.2 Å². The van der Waals surface area contributed by atoms with Crippen molar-refractivity contribution >= 4 is 0 Å². The van der Waals surface area contributed by atoms with Gasteiger partial charge in [-0.25, -0.2) is 19.6 Å². The molecule has 2 unspecified atom stereocenters. The van der Waals surface area contributed by atoms with E-state index in [9.17, 15) is 8.78 Å². The zero-order valence-corrected chi connectivity index (χ0v) is 9.93. The molecule has 1 fully saturated rings. The van der Waals surface area contributed by atoms with Crippen molar-refractivity contribution in [1.29, 1.82) is 0 Å². The van der Waals surface area contributed by atoms with Gasteiger partial charge in [-0.05, 0) is 38.5 Å². The van der Waals surface area contributed by atoms with Crippen LogP contribution in [0.1, 0.15) is 31.9 Å². The summed E-state index contributed by atoms with van der Waals surface area (Å²) in [6.45, 7) is 4.08. The van der Waals surface area contributed by atoms with Crippen molar-refractivity contribution < 1.29 is 8.78 Å². The molecule has 0 bridgehead atoms. The number of benzene rings is 1. The summed E-state index contributed by atoms with van der Waals surface area (Å²) in [5.74, 6) is -0.792. The Kier molecular flexibility index (Phi) is 3.71. The molecule has 1 aromatic carbocycles. The van der Waals surface area contributed by atoms with Crippen LogP contribution in [0.25, 0.3) is 0 Å². The second-order valence-corrected chi connectivity index (χ2v) is 4.62. The van der Waals surface area contributed by atoms with Gasteiger partial charge in [-0.2, -0.15) is 0 Å². The Morgan fingerprint density at radius 2 is 2.06 bits per heavy atom. The number of hydrazine groups is 1. The van der Waals surface area contributed by atoms with Crippen LogP contribution < -0.4 is 16.2 Å². The standard InChI is InChI=1S/C12H17F2N3/c1-7(2)15-12-6-11(16-17-12)9-5-8(13)3-4-10(9)14/h3-5,7,11-12,15-17H,6H2,1-2H3. The lowest BCUT2D eigenvalue weighted by atomic mass is 10.0. The van der Waals surface area contributed by atoms with Crippen molar-refractivity contribution in [3.8, 4) is 0 Å². The first-order valence-corrected chi connectivity index (χ1v) is 5.78. The van der Waals surface area contributed by atoms with Crippen LogP contribution in [-0.4, -0.2) is 12.2 Å². The van der Waals surface area contributed by atoms with Gasteiger partial charge in [0.1, 0.15) is 11.6 Å². The molecule has 0 amide bonds. The maximum absolute atomic E-state index is 13.6. The maximum Gasteiger partial charge on any atom is 0.128 e. The second kappa shape index (κ2) is 5.08. The first-order chi connectivity index (χ1) is 8.06. The minimum Gasteiger partial charge on any atom is -0.299 e. The molecule has 0 spiro atoms. The molecule has 0 saturated carbocycles. The van der Waals surface area contributed by atoms with Gasteiger partial charge in [-0.15, -0.1) is 0 Å². The molecule has 5 heteroatoms. The number of rotatable bonds is 3. The van der Waals surface area contributed by atoms with Crippen LogP contribution in [0.3, 0.4) is 0 Å². The zero-order valence-electron chi connectivity index (χ0n) is 9.93. The lowest BCUT2D eigenvalue weighted by Crippen LogP contribution is -2.44. The molecule has 2 rings (SSSR count). The van der Waals surface area contributed by atoms with Gasteiger partial charge in [-0.1, -0.05) is 0 Å². The monoisotopic (exact) mass is 241 g/mol. The van der Waals surface area contributed by atoms with Crippen LogP contribution >= 0.6 is 0 Å². The van der Waals surface area contributed by atoms with Gasteiger partial charge in [-0.3, -0.25) is 5.32 Å². The molecule has 0 aromatic heterocycles. The molecule has 1 aromatic rings. The van der Waals surface area contributed by atoms with Crippen molar-refractivity contribution in [1.82, 2.24) is 16.2 Å². The molecule has 1 heterocycles. The minimum atomic E-state index is -0.413. The Bertz CT molecular complexity index is 395. The molecule has 3 nitrogen and oxygen atoms in total. The molecule has 2 atom stereocenters. The minimum absolute atomic E-state index is 0.0719. The lowest BCUT2D eigenvalue weighted by molar-refractivity contribution is 0.421. The highest BCUT2D eigenvalue weighted by Crippen LogP contribution is 2.24. The van der Waals surface area contributed by atoms with E-state index in [1.54, 1.807) is 0 Å². The molecule has 1 aliphatic rings. The summed E-state index contributed by atoms with van der Waals surface area (Å²) in [5, 5.41) is 3.29. The fourth-order valence-corrected chi connectivity index (χ4v) is 2.05. The van der Waals surface area contributed by atoms with Crippen molar-refractivity contribution in [2.45, 2.75) is 38.5 Å². The SMILES string of the molecule is CC(C)NC1CC(c2cc(F)ccc2F)NN1. The molecule has 17 heavy (non-hydrogen) atoms. The molecule has 0 radical (unpaired) electrons. The van der Waals surface area contributed by atoms with Gasteiger partial charge in [0.25, 0.3) is 0 Å². The topological polar surface area (TPSA) is 36.1 Å². The number of halogens is 2. The quantitative estimate of drug-likeness (QED) is 0.755. The first-order valence-electron chi connectivity index (χ1n) is 5.78. The Morgan fingerprint density at radius 1 is 1.29 bits per heavy atom. The first kappa shape index (κ1) is 12.4. The Balaban J connectivity index is 2.07. The predicted octanol–water partition coefficient (Wildman–Crippen LogP) is 1.83. The lowest BCUT2D eigenvalue weighted by Gasteiger charge is -2.15. The van der Waals surface area contributed by atoms with Crippen LogP contribution in [0.15, 0.2) is 18.2 Å². The highest BCUT2D eigenvalue weighted by Gasteiger charge is 2.27. The van der Waals surface area contributed by atoms with E-state index in [0.717, 1.165) is 12.1 Å². The van der Waals surface area contributed by atoms with E-state index >= 15 is 0 Å². The van der Waals surface area contributed by atoms with E-state index in [0.29, 0.717) is 18.0 Å². The number of nitrogens with one attached hydrogen (secondary N) is 3. The maximum atomic E-state index is 13.6. The number of hydrogen-bond donors (Lipinski definition) is 3. The normalized spacial score (nSPS) is 24.5. The fourth-order valence-electron chi connectivity index (χ4n) is 2.05. The fraction of sp³-hybridized carbons (Fsp3) is 0.500. The van der Waals surface area contributed by atoms with Crippen LogP contribution in [0.4, 0.5) is 8.78 Å². The average molecular weight is 241 g/mol. The van der Waals surface area contributed by atoms with Gasteiger partial charge < -0.3 is 0 Å². The van der Waals surface area contributed by atoms with Crippen LogP contribution in [0.2, 0.25) is 0 Å². The summed E-state index contributed by atoms with van der Waals surface area (Å²) in [5.41, 5.74) is 6.38. The summed E-state index contributed by atoms with van der Waals surface area (Å²) in [4.78, 5) is 0. The summed E-state index contributed by atoms with van der Waals surface area (Å²) in [6, 6.07) is 3.67. The Labute approximate surface area is 99.6 Å². The molecule has 1 saturated heterocycles. The summed E-state index contributed by atoms with van der Waals surface area (Å²) < 4.78 is 26.6.